The lowest BCUT2D eigenvalue weighted by molar-refractivity contribution is 0.626. The number of benzene rings is 1. The Morgan fingerprint density at radius 3 is 2.75 bits per heavy atom. The van der Waals surface area contributed by atoms with E-state index in [4.69, 9.17) is 5.73 Å². The van der Waals surface area contributed by atoms with Crippen molar-refractivity contribution in [3.05, 3.63) is 42.0 Å². The highest BCUT2D eigenvalue weighted by Gasteiger charge is 2.08. The molecule has 0 saturated heterocycles. The fourth-order valence-electron chi connectivity index (χ4n) is 1.19. The Labute approximate surface area is 101 Å². The molecule has 0 aliphatic rings. The van der Waals surface area contributed by atoms with E-state index in [-0.39, 0.29) is 11.9 Å². The van der Waals surface area contributed by atoms with E-state index >= 15 is 0 Å². The Morgan fingerprint density at radius 1 is 1.38 bits per heavy atom. The van der Waals surface area contributed by atoms with Crippen LogP contribution in [0, 0.1) is 5.82 Å². The molecule has 1 aromatic heterocycles. The fraction of sp³-hybridized carbons (Fsp3) is 0.200. The summed E-state index contributed by atoms with van der Waals surface area (Å²) in [6.45, 7) is 0. The van der Waals surface area contributed by atoms with Gasteiger partial charge in [0, 0.05) is 11.8 Å². The van der Waals surface area contributed by atoms with Gasteiger partial charge in [-0.05, 0) is 29.2 Å². The number of thioether (sulfide) groups is 1. The maximum absolute atomic E-state index is 12.7. The first-order valence-electron chi connectivity index (χ1n) is 4.66. The molecule has 1 atom stereocenters. The zero-order valence-corrected chi connectivity index (χ0v) is 9.97. The third-order valence-electron chi connectivity index (χ3n) is 2.03. The summed E-state index contributed by atoms with van der Waals surface area (Å²) in [5.41, 5.74) is 6.90. The Hall–Kier alpha value is -0.980. The van der Waals surface area contributed by atoms with Crippen molar-refractivity contribution < 1.29 is 4.39 Å². The van der Waals surface area contributed by atoms with Gasteiger partial charge in [0.2, 0.25) is 0 Å². The summed E-state index contributed by atoms with van der Waals surface area (Å²) in [5, 5.41) is 0. The van der Waals surface area contributed by atoms with E-state index in [1.165, 1.54) is 30.0 Å². The van der Waals surface area contributed by atoms with Crippen molar-refractivity contribution in [1.29, 1.82) is 0 Å². The monoisotopic (exact) mass is 255 g/mol. The predicted molar refractivity (Wildman–Crippen MR) is 64.0 cm³/mol. The van der Waals surface area contributed by atoms with Crippen LogP contribution in [0.15, 0.2) is 34.9 Å². The van der Waals surface area contributed by atoms with Crippen LogP contribution < -0.4 is 5.73 Å². The van der Waals surface area contributed by atoms with Gasteiger partial charge in [-0.25, -0.2) is 9.37 Å². The molecular formula is C10H10FN3S2. The molecule has 2 rings (SSSR count). The zero-order chi connectivity index (χ0) is 11.4. The van der Waals surface area contributed by atoms with Crippen molar-refractivity contribution in [2.45, 2.75) is 10.4 Å². The summed E-state index contributed by atoms with van der Waals surface area (Å²) in [7, 11) is 0. The topological polar surface area (TPSA) is 51.8 Å². The van der Waals surface area contributed by atoms with Gasteiger partial charge in [-0.15, -0.1) is 0 Å². The average molecular weight is 255 g/mol. The van der Waals surface area contributed by atoms with E-state index in [0.717, 1.165) is 9.90 Å². The highest BCUT2D eigenvalue weighted by atomic mass is 32.2. The Morgan fingerprint density at radius 2 is 2.12 bits per heavy atom. The summed E-state index contributed by atoms with van der Waals surface area (Å²) in [5.74, 6) is 0.466. The first-order chi connectivity index (χ1) is 7.75. The molecule has 0 amide bonds. The van der Waals surface area contributed by atoms with Crippen molar-refractivity contribution in [2.75, 3.05) is 5.75 Å². The molecule has 1 unspecified atom stereocenters. The third kappa shape index (κ3) is 3.01. The molecule has 1 aromatic carbocycles. The summed E-state index contributed by atoms with van der Waals surface area (Å²) in [4.78, 5) is 4.05. The summed E-state index contributed by atoms with van der Waals surface area (Å²) < 4.78 is 17.5. The summed E-state index contributed by atoms with van der Waals surface area (Å²) in [6.07, 6.45) is 1.52. The first-order valence-corrected chi connectivity index (χ1v) is 6.42. The number of hydrogen-bond donors (Lipinski definition) is 1. The van der Waals surface area contributed by atoms with Gasteiger partial charge in [-0.1, -0.05) is 23.9 Å². The van der Waals surface area contributed by atoms with Crippen LogP contribution in [-0.4, -0.2) is 15.1 Å². The molecule has 0 radical (unpaired) electrons. The van der Waals surface area contributed by atoms with Crippen LogP contribution in [0.3, 0.4) is 0 Å². The van der Waals surface area contributed by atoms with Crippen LogP contribution in [-0.2, 0) is 0 Å². The molecule has 84 valence electrons. The van der Waals surface area contributed by atoms with Crippen molar-refractivity contribution in [3.63, 3.8) is 0 Å². The normalized spacial score (nSPS) is 12.6. The highest BCUT2D eigenvalue weighted by Crippen LogP contribution is 2.23. The van der Waals surface area contributed by atoms with E-state index in [9.17, 15) is 4.39 Å². The lowest BCUT2D eigenvalue weighted by Crippen LogP contribution is -2.12. The number of nitrogens with zero attached hydrogens (tertiary/aromatic N) is 2. The second-order valence-electron chi connectivity index (χ2n) is 3.18. The number of hydrogen-bond acceptors (Lipinski definition) is 5. The number of aromatic nitrogens is 2. The quantitative estimate of drug-likeness (QED) is 0.853. The molecule has 16 heavy (non-hydrogen) atoms. The van der Waals surface area contributed by atoms with Crippen LogP contribution in [0.25, 0.3) is 0 Å². The van der Waals surface area contributed by atoms with Crippen molar-refractivity contribution in [1.82, 2.24) is 9.36 Å². The molecule has 2 N–H and O–H groups in total. The average Bonchev–Trinajstić information content (AvgIpc) is 2.80. The van der Waals surface area contributed by atoms with Gasteiger partial charge < -0.3 is 5.73 Å². The minimum atomic E-state index is -0.243. The van der Waals surface area contributed by atoms with E-state index in [1.807, 2.05) is 0 Å². The van der Waals surface area contributed by atoms with Gasteiger partial charge in [0.25, 0.3) is 0 Å². The Kier molecular flexibility index (Phi) is 3.87. The number of nitrogens with two attached hydrogens (primary N) is 1. The van der Waals surface area contributed by atoms with Crippen LogP contribution in [0.2, 0.25) is 0 Å². The Bertz CT molecular complexity index is 430. The van der Waals surface area contributed by atoms with Gasteiger partial charge in [-0.2, -0.15) is 4.37 Å². The minimum Gasteiger partial charge on any atom is -0.323 e. The molecule has 0 bridgehead atoms. The van der Waals surface area contributed by atoms with Gasteiger partial charge in [-0.3, -0.25) is 0 Å². The molecule has 0 saturated carbocycles. The molecule has 6 heteroatoms. The van der Waals surface area contributed by atoms with Crippen LogP contribution in [0.5, 0.6) is 0 Å². The summed E-state index contributed by atoms with van der Waals surface area (Å²) in [6, 6.07) is 6.14. The van der Waals surface area contributed by atoms with Gasteiger partial charge in [0.05, 0.1) is 0 Å². The van der Waals surface area contributed by atoms with E-state index in [2.05, 4.69) is 9.36 Å². The molecule has 2 aromatic rings. The van der Waals surface area contributed by atoms with Crippen molar-refractivity contribution >= 4 is 23.3 Å². The largest absolute Gasteiger partial charge is 0.323 e. The van der Waals surface area contributed by atoms with E-state index in [0.29, 0.717) is 5.75 Å². The maximum Gasteiger partial charge on any atom is 0.169 e. The maximum atomic E-state index is 12.7. The number of halogens is 1. The predicted octanol–water partition coefficient (Wildman–Crippen LogP) is 2.47. The SMILES string of the molecule is NC(CSc1ncns1)c1ccc(F)cc1. The summed E-state index contributed by atoms with van der Waals surface area (Å²) >= 11 is 2.91. The smallest absolute Gasteiger partial charge is 0.169 e. The Balaban J connectivity index is 1.93. The van der Waals surface area contributed by atoms with Crippen molar-refractivity contribution in [3.8, 4) is 0 Å². The van der Waals surface area contributed by atoms with Crippen LogP contribution >= 0.6 is 23.3 Å². The van der Waals surface area contributed by atoms with Gasteiger partial charge in [0.15, 0.2) is 4.34 Å². The molecule has 1 heterocycles. The standard InChI is InChI=1S/C10H10FN3S2/c11-8-3-1-7(2-4-8)9(12)5-15-10-13-6-14-16-10/h1-4,6,9H,5,12H2. The molecule has 0 aliphatic heterocycles. The zero-order valence-electron chi connectivity index (χ0n) is 8.34. The second-order valence-corrected chi connectivity index (χ2v) is 5.22. The second kappa shape index (κ2) is 5.38. The molecule has 0 fully saturated rings. The third-order valence-corrected chi connectivity index (χ3v) is 3.94. The molecule has 0 aliphatic carbocycles. The van der Waals surface area contributed by atoms with E-state index < -0.39 is 0 Å². The van der Waals surface area contributed by atoms with Gasteiger partial charge in [0.1, 0.15) is 12.1 Å². The fourth-order valence-corrected chi connectivity index (χ4v) is 2.65. The molecule has 3 nitrogen and oxygen atoms in total. The molecule has 0 spiro atoms. The highest BCUT2D eigenvalue weighted by molar-refractivity contribution is 8.00. The lowest BCUT2D eigenvalue weighted by Gasteiger charge is -2.09. The van der Waals surface area contributed by atoms with Gasteiger partial charge >= 0.3 is 0 Å². The van der Waals surface area contributed by atoms with Crippen LogP contribution in [0.4, 0.5) is 4.39 Å². The lowest BCUT2D eigenvalue weighted by atomic mass is 10.1. The minimum absolute atomic E-state index is 0.116. The molecular weight excluding hydrogens is 245 g/mol. The van der Waals surface area contributed by atoms with Crippen molar-refractivity contribution in [2.24, 2.45) is 5.73 Å². The number of rotatable bonds is 4. The first kappa shape index (κ1) is 11.5. The van der Waals surface area contributed by atoms with Crippen LogP contribution in [0.1, 0.15) is 11.6 Å². The van der Waals surface area contributed by atoms with E-state index in [1.54, 1.807) is 23.9 Å².